The van der Waals surface area contributed by atoms with Crippen LogP contribution in [0.3, 0.4) is 0 Å². The summed E-state index contributed by atoms with van der Waals surface area (Å²) in [6.45, 7) is -0.380. The third kappa shape index (κ3) is 4.56. The van der Waals surface area contributed by atoms with Crippen molar-refractivity contribution in [3.8, 4) is 5.69 Å². The maximum Gasteiger partial charge on any atom is 0.416 e. The molecule has 1 aromatic carbocycles. The van der Waals surface area contributed by atoms with E-state index in [1.54, 1.807) is 0 Å². The molecule has 6 nitrogen and oxygen atoms in total. The largest absolute Gasteiger partial charge is 0.416 e. The molecule has 0 unspecified atom stereocenters. The Morgan fingerprint density at radius 1 is 1.26 bits per heavy atom. The molecule has 12 heteroatoms. The Morgan fingerprint density at radius 3 is 2.30 bits per heavy atom. The Kier molecular flexibility index (Phi) is 4.90. The highest BCUT2D eigenvalue weighted by molar-refractivity contribution is 7.85. The number of rotatable bonds is 4. The molecule has 0 aliphatic heterocycles. The fourth-order valence-corrected chi connectivity index (χ4v) is 2.53. The van der Waals surface area contributed by atoms with E-state index in [0.717, 1.165) is 11.1 Å². The number of hydrogen-bond acceptors (Lipinski definition) is 5. The van der Waals surface area contributed by atoms with Gasteiger partial charge in [0, 0.05) is 0 Å². The monoisotopic (exact) mass is 389 g/mol. The number of nitrogens with zero attached hydrogens (tertiary/aromatic N) is 3. The van der Waals surface area contributed by atoms with Gasteiger partial charge in [0.05, 0.1) is 28.1 Å². The average Bonchev–Trinajstić information content (AvgIpc) is 2.82. The number of halogens is 5. The van der Waals surface area contributed by atoms with Crippen molar-refractivity contribution in [1.82, 2.24) is 15.0 Å². The molecule has 1 aromatic heterocycles. The molecule has 0 spiro atoms. The Morgan fingerprint density at radius 2 is 1.83 bits per heavy atom. The van der Waals surface area contributed by atoms with Crippen LogP contribution in [-0.4, -0.2) is 29.7 Å². The zero-order valence-electron chi connectivity index (χ0n) is 11.3. The fourth-order valence-electron chi connectivity index (χ4n) is 1.56. The van der Waals surface area contributed by atoms with Crippen molar-refractivity contribution in [3.05, 3.63) is 39.6 Å². The van der Waals surface area contributed by atoms with Crippen LogP contribution in [0.4, 0.5) is 13.2 Å². The third-order valence-electron chi connectivity index (χ3n) is 2.50. The molecule has 1 heterocycles. The van der Waals surface area contributed by atoms with Gasteiger partial charge < -0.3 is 0 Å². The van der Waals surface area contributed by atoms with E-state index in [2.05, 4.69) is 14.4 Å². The van der Waals surface area contributed by atoms with E-state index in [1.165, 1.54) is 6.20 Å². The lowest BCUT2D eigenvalue weighted by atomic mass is 10.2. The zero-order chi connectivity index (χ0) is 17.4. The lowest BCUT2D eigenvalue weighted by Gasteiger charge is -2.11. The molecular formula is C11H8Cl2F3N3O3S. The van der Waals surface area contributed by atoms with Crippen LogP contribution >= 0.6 is 23.2 Å². The van der Waals surface area contributed by atoms with Crippen LogP contribution in [0.1, 0.15) is 11.3 Å². The number of aromatic nitrogens is 3. The van der Waals surface area contributed by atoms with E-state index in [0.29, 0.717) is 12.1 Å². The minimum absolute atomic E-state index is 0.0630. The summed E-state index contributed by atoms with van der Waals surface area (Å²) in [5.74, 6) is 0. The molecule has 0 atom stereocenters. The summed E-state index contributed by atoms with van der Waals surface area (Å²) >= 11 is 11.6. The van der Waals surface area contributed by atoms with E-state index in [4.69, 9.17) is 23.2 Å². The van der Waals surface area contributed by atoms with Gasteiger partial charge in [0.25, 0.3) is 10.1 Å². The molecular weight excluding hydrogens is 382 g/mol. The summed E-state index contributed by atoms with van der Waals surface area (Å²) in [6.07, 6.45) is -2.56. The molecule has 0 saturated carbocycles. The summed E-state index contributed by atoms with van der Waals surface area (Å²) in [5, 5.41) is 7.03. The number of hydrogen-bond donors (Lipinski definition) is 0. The van der Waals surface area contributed by atoms with Crippen LogP contribution < -0.4 is 0 Å². The smallest absolute Gasteiger partial charge is 0.264 e. The van der Waals surface area contributed by atoms with Gasteiger partial charge in [-0.1, -0.05) is 23.2 Å². The summed E-state index contributed by atoms with van der Waals surface area (Å²) in [4.78, 5) is 0.895. The van der Waals surface area contributed by atoms with Gasteiger partial charge in [0.1, 0.15) is 18.0 Å². The maximum absolute atomic E-state index is 12.7. The molecule has 2 rings (SSSR count). The molecule has 126 valence electrons. The SMILES string of the molecule is CS(=O)(=O)OCc1cnn(-c2c(Cl)cc(C(F)(F)F)cc2Cl)n1. The van der Waals surface area contributed by atoms with Crippen LogP contribution in [0.5, 0.6) is 0 Å². The lowest BCUT2D eigenvalue weighted by molar-refractivity contribution is -0.137. The van der Waals surface area contributed by atoms with E-state index in [9.17, 15) is 21.6 Å². The summed E-state index contributed by atoms with van der Waals surface area (Å²) in [5.41, 5.74) is -0.946. The first-order valence-corrected chi connectivity index (χ1v) is 8.37. The van der Waals surface area contributed by atoms with Crippen LogP contribution in [0.2, 0.25) is 10.0 Å². The van der Waals surface area contributed by atoms with Crippen LogP contribution in [0, 0.1) is 0 Å². The van der Waals surface area contributed by atoms with Crippen LogP contribution in [0.25, 0.3) is 5.69 Å². The predicted molar refractivity (Wildman–Crippen MR) is 76.0 cm³/mol. The normalized spacial score (nSPS) is 12.6. The van der Waals surface area contributed by atoms with Crippen molar-refractivity contribution < 1.29 is 25.8 Å². The van der Waals surface area contributed by atoms with Gasteiger partial charge in [-0.25, -0.2) is 0 Å². The third-order valence-corrected chi connectivity index (χ3v) is 3.63. The Balaban J connectivity index is 2.34. The van der Waals surface area contributed by atoms with Crippen molar-refractivity contribution in [2.24, 2.45) is 0 Å². The highest BCUT2D eigenvalue weighted by Gasteiger charge is 2.32. The van der Waals surface area contributed by atoms with E-state index in [-0.39, 0.29) is 28.0 Å². The van der Waals surface area contributed by atoms with Gasteiger partial charge in [-0.15, -0.1) is 4.80 Å². The molecule has 0 aliphatic carbocycles. The van der Waals surface area contributed by atoms with Crippen LogP contribution in [0.15, 0.2) is 18.3 Å². The lowest BCUT2D eigenvalue weighted by Crippen LogP contribution is -2.08. The molecule has 2 aromatic rings. The second kappa shape index (κ2) is 6.27. The molecule has 0 radical (unpaired) electrons. The first kappa shape index (κ1) is 18.0. The van der Waals surface area contributed by atoms with Gasteiger partial charge >= 0.3 is 6.18 Å². The standard InChI is InChI=1S/C11H8Cl2F3N3O3S/c1-23(20,21)22-5-7-4-17-19(18-7)10-8(12)2-6(3-9(10)13)11(14,15)16/h2-4H,5H2,1H3. The van der Waals surface area contributed by atoms with Crippen molar-refractivity contribution in [2.75, 3.05) is 6.26 Å². The van der Waals surface area contributed by atoms with Crippen molar-refractivity contribution in [3.63, 3.8) is 0 Å². The number of benzene rings is 1. The Bertz CT molecular complexity index is 814. The topological polar surface area (TPSA) is 74.1 Å². The molecule has 23 heavy (non-hydrogen) atoms. The predicted octanol–water partition coefficient (Wildman–Crippen LogP) is 3.07. The molecule has 0 fully saturated rings. The first-order chi connectivity index (χ1) is 10.5. The van der Waals surface area contributed by atoms with Gasteiger partial charge in [-0.05, 0) is 12.1 Å². The van der Waals surface area contributed by atoms with E-state index >= 15 is 0 Å². The van der Waals surface area contributed by atoms with E-state index in [1.807, 2.05) is 0 Å². The van der Waals surface area contributed by atoms with Crippen molar-refractivity contribution in [1.29, 1.82) is 0 Å². The molecule has 0 N–H and O–H groups in total. The summed E-state index contributed by atoms with van der Waals surface area (Å²) < 4.78 is 64.3. The quantitative estimate of drug-likeness (QED) is 0.751. The van der Waals surface area contributed by atoms with Gasteiger partial charge in [-0.3, -0.25) is 4.18 Å². The fraction of sp³-hybridized carbons (Fsp3) is 0.273. The van der Waals surface area contributed by atoms with Gasteiger partial charge in [-0.2, -0.15) is 31.8 Å². The minimum atomic E-state index is -4.60. The molecule has 0 aliphatic rings. The number of alkyl halides is 3. The molecule has 0 saturated heterocycles. The molecule has 0 amide bonds. The highest BCUT2D eigenvalue weighted by Crippen LogP contribution is 2.37. The van der Waals surface area contributed by atoms with Gasteiger partial charge in [0.2, 0.25) is 0 Å². The van der Waals surface area contributed by atoms with E-state index < -0.39 is 21.9 Å². The average molecular weight is 390 g/mol. The zero-order valence-corrected chi connectivity index (χ0v) is 13.6. The van der Waals surface area contributed by atoms with Gasteiger partial charge in [0.15, 0.2) is 0 Å². The molecule has 0 bridgehead atoms. The van der Waals surface area contributed by atoms with Crippen molar-refractivity contribution in [2.45, 2.75) is 12.8 Å². The summed E-state index contributed by atoms with van der Waals surface area (Å²) in [6, 6.07) is 1.39. The van der Waals surface area contributed by atoms with Crippen LogP contribution in [-0.2, 0) is 27.1 Å². The minimum Gasteiger partial charge on any atom is -0.264 e. The second-order valence-corrected chi connectivity index (χ2v) is 6.84. The Hall–Kier alpha value is -1.36. The highest BCUT2D eigenvalue weighted by atomic mass is 35.5. The first-order valence-electron chi connectivity index (χ1n) is 5.79. The Labute approximate surface area is 138 Å². The second-order valence-electron chi connectivity index (χ2n) is 4.38. The maximum atomic E-state index is 12.7. The van der Waals surface area contributed by atoms with Crippen molar-refractivity contribution >= 4 is 33.3 Å². The summed E-state index contributed by atoms with van der Waals surface area (Å²) in [7, 11) is -3.67.